The molecule has 2 rings (SSSR count). The molecule has 5 heteroatoms. The molecule has 0 aromatic rings. The number of hydroxylamine groups is 1. The number of hydrogen-bond acceptors (Lipinski definition) is 3. The smallest absolute Gasteiger partial charge is 0.320 e. The number of piperidine rings is 1. The lowest BCUT2D eigenvalue weighted by Gasteiger charge is -2.43. The number of piperazine rings is 1. The Morgan fingerprint density at radius 2 is 2.20 bits per heavy atom. The van der Waals surface area contributed by atoms with Crippen LogP contribution in [0.25, 0.3) is 0 Å². The number of nitrogens with zero attached hydrogens (tertiary/aromatic N) is 2. The van der Waals surface area contributed by atoms with E-state index in [1.54, 1.807) is 0 Å². The number of nitrogens with one attached hydrogen (secondary N) is 1. The van der Waals surface area contributed by atoms with Gasteiger partial charge in [0.15, 0.2) is 0 Å². The Morgan fingerprint density at radius 1 is 1.33 bits per heavy atom. The first-order valence-corrected chi connectivity index (χ1v) is 5.63. The van der Waals surface area contributed by atoms with Gasteiger partial charge in [0.2, 0.25) is 0 Å². The van der Waals surface area contributed by atoms with E-state index in [9.17, 15) is 4.79 Å². The Kier molecular flexibility index (Phi) is 3.43. The second-order valence-corrected chi connectivity index (χ2v) is 4.24. The summed E-state index contributed by atoms with van der Waals surface area (Å²) in [6.07, 6.45) is 3.82. The Hall–Kier alpha value is -0.810. The average molecular weight is 213 g/mol. The number of rotatable bonds is 1. The summed E-state index contributed by atoms with van der Waals surface area (Å²) in [4.78, 5) is 20.5. The third-order valence-electron chi connectivity index (χ3n) is 3.31. The molecule has 0 aliphatic carbocycles. The lowest BCUT2D eigenvalue weighted by molar-refractivity contribution is 0.0408. The molecule has 0 aromatic heterocycles. The fraction of sp³-hybridized carbons (Fsp3) is 0.900. The van der Waals surface area contributed by atoms with E-state index in [-0.39, 0.29) is 6.03 Å². The molecule has 1 N–H and O–H groups in total. The highest BCUT2D eigenvalue weighted by Gasteiger charge is 2.30. The van der Waals surface area contributed by atoms with Crippen LogP contribution >= 0.6 is 0 Å². The number of carbonyl (C=O) groups is 1. The Morgan fingerprint density at radius 3 is 3.00 bits per heavy atom. The fourth-order valence-corrected chi connectivity index (χ4v) is 2.49. The second-order valence-electron chi connectivity index (χ2n) is 4.24. The maximum absolute atomic E-state index is 11.5. The van der Waals surface area contributed by atoms with Crippen LogP contribution in [-0.2, 0) is 4.84 Å². The Labute approximate surface area is 90.3 Å². The number of fused-ring (bicyclic) bond motifs is 1. The highest BCUT2D eigenvalue weighted by atomic mass is 16.6. The molecule has 0 unspecified atom stereocenters. The van der Waals surface area contributed by atoms with Gasteiger partial charge in [0.25, 0.3) is 0 Å². The normalized spacial score (nSPS) is 27.3. The van der Waals surface area contributed by atoms with E-state index in [4.69, 9.17) is 0 Å². The quantitative estimate of drug-likeness (QED) is 0.642. The minimum atomic E-state index is -0.109. The minimum absolute atomic E-state index is 0.109. The largest absolute Gasteiger partial charge is 0.341 e. The summed E-state index contributed by atoms with van der Waals surface area (Å²) in [7, 11) is 1.47. The standard InChI is InChI=1S/C10H19N3O2/c1-15-11-10(14)13-7-6-12-5-3-2-4-9(12)8-13/h9H,2-8H2,1H3,(H,11,14)/t9-/m1/s1. The van der Waals surface area contributed by atoms with Gasteiger partial charge in [-0.15, -0.1) is 0 Å². The highest BCUT2D eigenvalue weighted by Crippen LogP contribution is 2.20. The lowest BCUT2D eigenvalue weighted by Crippen LogP contribution is -2.57. The predicted molar refractivity (Wildman–Crippen MR) is 56.3 cm³/mol. The number of hydrogen-bond donors (Lipinski definition) is 1. The Balaban J connectivity index is 1.87. The predicted octanol–water partition coefficient (Wildman–Crippen LogP) is 0.427. The monoisotopic (exact) mass is 213 g/mol. The van der Waals surface area contributed by atoms with Gasteiger partial charge in [-0.3, -0.25) is 9.74 Å². The van der Waals surface area contributed by atoms with Crippen molar-refractivity contribution in [1.29, 1.82) is 0 Å². The Bertz CT molecular complexity index is 235. The molecule has 2 heterocycles. The minimum Gasteiger partial charge on any atom is -0.320 e. The summed E-state index contributed by atoms with van der Waals surface area (Å²) in [5, 5.41) is 0. The first kappa shape index (κ1) is 10.7. The van der Waals surface area contributed by atoms with Gasteiger partial charge in [0, 0.05) is 25.7 Å². The first-order valence-electron chi connectivity index (χ1n) is 5.63. The third kappa shape index (κ3) is 2.41. The van der Waals surface area contributed by atoms with Crippen LogP contribution in [-0.4, -0.2) is 55.2 Å². The molecular formula is C10H19N3O2. The molecule has 86 valence electrons. The molecule has 2 saturated heterocycles. The summed E-state index contributed by atoms with van der Waals surface area (Å²) in [6, 6.07) is 0.456. The van der Waals surface area contributed by atoms with Crippen molar-refractivity contribution in [2.24, 2.45) is 0 Å². The van der Waals surface area contributed by atoms with Crippen molar-refractivity contribution < 1.29 is 9.63 Å². The average Bonchev–Trinajstić information content (AvgIpc) is 2.29. The second kappa shape index (κ2) is 4.81. The zero-order valence-electron chi connectivity index (χ0n) is 9.24. The van der Waals surface area contributed by atoms with Gasteiger partial charge in [-0.1, -0.05) is 6.42 Å². The maximum Gasteiger partial charge on any atom is 0.341 e. The molecule has 2 aliphatic rings. The maximum atomic E-state index is 11.5. The van der Waals surface area contributed by atoms with Crippen LogP contribution in [0.5, 0.6) is 0 Å². The number of amides is 2. The van der Waals surface area contributed by atoms with Crippen LogP contribution in [0.4, 0.5) is 4.79 Å². The van der Waals surface area contributed by atoms with Gasteiger partial charge in [-0.05, 0) is 19.4 Å². The van der Waals surface area contributed by atoms with Crippen LogP contribution < -0.4 is 5.48 Å². The van der Waals surface area contributed by atoms with Crippen LogP contribution in [0, 0.1) is 0 Å². The van der Waals surface area contributed by atoms with Crippen LogP contribution in [0.2, 0.25) is 0 Å². The molecule has 2 aliphatic heterocycles. The SMILES string of the molecule is CONC(=O)N1CCN2CCCC[C@@H]2C1. The summed E-state index contributed by atoms with van der Waals surface area (Å²) in [5.41, 5.74) is 2.38. The van der Waals surface area contributed by atoms with Gasteiger partial charge < -0.3 is 4.90 Å². The summed E-state index contributed by atoms with van der Waals surface area (Å²) in [5.74, 6) is 0. The van der Waals surface area contributed by atoms with Crippen LogP contribution in [0.3, 0.4) is 0 Å². The molecular weight excluding hydrogens is 194 g/mol. The molecule has 5 nitrogen and oxygen atoms in total. The van der Waals surface area contributed by atoms with Gasteiger partial charge in [0.1, 0.15) is 0 Å². The molecule has 1 atom stereocenters. The third-order valence-corrected chi connectivity index (χ3v) is 3.31. The van der Waals surface area contributed by atoms with Crippen molar-refractivity contribution in [3.63, 3.8) is 0 Å². The van der Waals surface area contributed by atoms with E-state index >= 15 is 0 Å². The molecule has 0 bridgehead atoms. The van der Waals surface area contributed by atoms with Crippen molar-refractivity contribution in [1.82, 2.24) is 15.3 Å². The van der Waals surface area contributed by atoms with Crippen LogP contribution in [0.1, 0.15) is 19.3 Å². The van der Waals surface area contributed by atoms with Gasteiger partial charge in [-0.25, -0.2) is 10.3 Å². The summed E-state index contributed by atoms with van der Waals surface area (Å²) >= 11 is 0. The van der Waals surface area contributed by atoms with Gasteiger partial charge >= 0.3 is 6.03 Å². The van der Waals surface area contributed by atoms with E-state index in [0.29, 0.717) is 6.04 Å². The zero-order valence-corrected chi connectivity index (χ0v) is 9.24. The van der Waals surface area contributed by atoms with Crippen molar-refractivity contribution >= 4 is 6.03 Å². The van der Waals surface area contributed by atoms with E-state index in [0.717, 1.165) is 19.6 Å². The van der Waals surface area contributed by atoms with Crippen molar-refractivity contribution in [3.8, 4) is 0 Å². The molecule has 2 amide bonds. The highest BCUT2D eigenvalue weighted by molar-refractivity contribution is 5.73. The van der Waals surface area contributed by atoms with Crippen molar-refractivity contribution in [3.05, 3.63) is 0 Å². The molecule has 0 aromatic carbocycles. The van der Waals surface area contributed by atoms with Crippen LogP contribution in [0.15, 0.2) is 0 Å². The van der Waals surface area contributed by atoms with E-state index in [1.807, 2.05) is 4.90 Å². The van der Waals surface area contributed by atoms with E-state index in [1.165, 1.54) is 32.9 Å². The topological polar surface area (TPSA) is 44.8 Å². The van der Waals surface area contributed by atoms with Crippen molar-refractivity contribution in [2.75, 3.05) is 33.3 Å². The molecule has 15 heavy (non-hydrogen) atoms. The zero-order chi connectivity index (χ0) is 10.7. The van der Waals surface area contributed by atoms with Gasteiger partial charge in [0.05, 0.1) is 7.11 Å². The van der Waals surface area contributed by atoms with Crippen molar-refractivity contribution in [2.45, 2.75) is 25.3 Å². The fourth-order valence-electron chi connectivity index (χ4n) is 2.49. The molecule has 0 radical (unpaired) electrons. The summed E-state index contributed by atoms with van der Waals surface area (Å²) in [6.45, 7) is 3.85. The molecule has 0 spiro atoms. The number of carbonyl (C=O) groups excluding carboxylic acids is 1. The first-order chi connectivity index (χ1) is 7.31. The molecule has 0 saturated carbocycles. The molecule has 2 fully saturated rings. The number of urea groups is 1. The van der Waals surface area contributed by atoms with E-state index < -0.39 is 0 Å². The van der Waals surface area contributed by atoms with E-state index in [2.05, 4.69) is 15.2 Å². The summed E-state index contributed by atoms with van der Waals surface area (Å²) < 4.78 is 0. The van der Waals surface area contributed by atoms with Gasteiger partial charge in [-0.2, -0.15) is 0 Å². The lowest BCUT2D eigenvalue weighted by atomic mass is 10.00.